The molecule has 0 spiro atoms. The van der Waals surface area contributed by atoms with E-state index in [1.807, 2.05) is 0 Å². The summed E-state index contributed by atoms with van der Waals surface area (Å²) >= 11 is 0. The summed E-state index contributed by atoms with van der Waals surface area (Å²) in [5, 5.41) is 3.63. The Morgan fingerprint density at radius 3 is 1.26 bits per heavy atom. The summed E-state index contributed by atoms with van der Waals surface area (Å²) in [4.78, 5) is 10.4. The Hall–Kier alpha value is -0.200. The van der Waals surface area contributed by atoms with E-state index >= 15 is 0 Å². The van der Waals surface area contributed by atoms with Gasteiger partial charge in [0.05, 0.1) is 0 Å². The number of rotatable bonds is 10. The molecule has 136 valence electrons. The van der Waals surface area contributed by atoms with Crippen LogP contribution in [0.1, 0.15) is 26.7 Å². The molecule has 2 saturated heterocycles. The molecular weight excluding hydrogens is 286 g/mol. The zero-order valence-corrected chi connectivity index (χ0v) is 15.6. The average Bonchev–Trinajstić information content (AvgIpc) is 2.62. The molecule has 2 heterocycles. The van der Waals surface area contributed by atoms with Crippen LogP contribution in [0.25, 0.3) is 0 Å². The largest absolute Gasteiger partial charge is 0.317 e. The number of nitrogens with zero attached hydrogens (tertiary/aromatic N) is 4. The number of hydrogen-bond acceptors (Lipinski definition) is 5. The third-order valence-corrected chi connectivity index (χ3v) is 5.48. The van der Waals surface area contributed by atoms with Gasteiger partial charge in [-0.1, -0.05) is 13.8 Å². The Morgan fingerprint density at radius 1 is 0.565 bits per heavy atom. The lowest BCUT2D eigenvalue weighted by Crippen LogP contribution is -2.47. The predicted octanol–water partition coefficient (Wildman–Crippen LogP) is 0.631. The van der Waals surface area contributed by atoms with Crippen molar-refractivity contribution < 1.29 is 0 Å². The zero-order valence-electron chi connectivity index (χ0n) is 15.6. The predicted molar refractivity (Wildman–Crippen MR) is 99.2 cm³/mol. The van der Waals surface area contributed by atoms with Gasteiger partial charge in [0.1, 0.15) is 0 Å². The molecule has 0 aromatic rings. The average molecular weight is 326 g/mol. The molecule has 5 nitrogen and oxygen atoms in total. The van der Waals surface area contributed by atoms with E-state index in [9.17, 15) is 0 Å². The molecule has 0 aliphatic carbocycles. The molecule has 0 radical (unpaired) electrons. The fraction of sp³-hybridized carbons (Fsp3) is 1.00. The molecule has 1 N–H and O–H groups in total. The van der Waals surface area contributed by atoms with Gasteiger partial charge in [-0.25, -0.2) is 0 Å². The van der Waals surface area contributed by atoms with Crippen molar-refractivity contribution >= 4 is 0 Å². The number of piperazine rings is 2. The highest BCUT2D eigenvalue weighted by Gasteiger charge is 2.15. The van der Waals surface area contributed by atoms with Crippen molar-refractivity contribution in [2.24, 2.45) is 0 Å². The molecule has 0 atom stereocenters. The maximum atomic E-state index is 3.63. The van der Waals surface area contributed by atoms with Crippen LogP contribution in [0.4, 0.5) is 0 Å². The second kappa shape index (κ2) is 11.4. The molecule has 2 fully saturated rings. The van der Waals surface area contributed by atoms with Gasteiger partial charge >= 0.3 is 0 Å². The minimum Gasteiger partial charge on any atom is -0.317 e. The Morgan fingerprint density at radius 2 is 0.913 bits per heavy atom. The van der Waals surface area contributed by atoms with Gasteiger partial charge in [0.15, 0.2) is 0 Å². The van der Waals surface area contributed by atoms with E-state index in [1.54, 1.807) is 0 Å². The van der Waals surface area contributed by atoms with Crippen LogP contribution in [-0.4, -0.2) is 111 Å². The summed E-state index contributed by atoms with van der Waals surface area (Å²) in [6.45, 7) is 21.9. The summed E-state index contributed by atoms with van der Waals surface area (Å²) in [6.07, 6.45) is 2.59. The standard InChI is InChI=1S/C18H39N5/c1-3-20-11-15-22(16-12-20)9-5-7-19-8-6-10-23-17-13-21(4-2)14-18-23/h19H,3-18H2,1-2H3. The van der Waals surface area contributed by atoms with Gasteiger partial charge < -0.3 is 24.9 Å². The van der Waals surface area contributed by atoms with Crippen LogP contribution in [0.2, 0.25) is 0 Å². The molecule has 0 amide bonds. The van der Waals surface area contributed by atoms with Gasteiger partial charge in [0.25, 0.3) is 0 Å². The first-order valence-electron chi connectivity index (χ1n) is 9.92. The summed E-state index contributed by atoms with van der Waals surface area (Å²) in [7, 11) is 0. The van der Waals surface area contributed by atoms with Crippen molar-refractivity contribution in [1.29, 1.82) is 0 Å². The van der Waals surface area contributed by atoms with E-state index in [0.717, 1.165) is 0 Å². The van der Waals surface area contributed by atoms with E-state index in [4.69, 9.17) is 0 Å². The van der Waals surface area contributed by atoms with Crippen molar-refractivity contribution in [3.63, 3.8) is 0 Å². The molecule has 0 bridgehead atoms. The summed E-state index contributed by atoms with van der Waals surface area (Å²) in [5.41, 5.74) is 0. The lowest BCUT2D eigenvalue weighted by Gasteiger charge is -2.34. The quantitative estimate of drug-likeness (QED) is 0.594. The maximum Gasteiger partial charge on any atom is 0.0110 e. The third kappa shape index (κ3) is 7.48. The number of hydrogen-bond donors (Lipinski definition) is 1. The molecule has 2 rings (SSSR count). The Kier molecular flexibility index (Phi) is 9.46. The monoisotopic (exact) mass is 325 g/mol. The topological polar surface area (TPSA) is 25.0 Å². The van der Waals surface area contributed by atoms with Crippen molar-refractivity contribution in [2.75, 3.05) is 91.6 Å². The summed E-state index contributed by atoms with van der Waals surface area (Å²) < 4.78 is 0. The van der Waals surface area contributed by atoms with Gasteiger partial charge in [-0.05, 0) is 52.1 Å². The van der Waals surface area contributed by atoms with E-state index in [1.165, 1.54) is 104 Å². The van der Waals surface area contributed by atoms with E-state index in [0.29, 0.717) is 0 Å². The normalized spacial score (nSPS) is 22.7. The lowest BCUT2D eigenvalue weighted by molar-refractivity contribution is 0.134. The highest BCUT2D eigenvalue weighted by Crippen LogP contribution is 2.02. The minimum atomic E-state index is 1.18. The molecule has 23 heavy (non-hydrogen) atoms. The fourth-order valence-electron chi connectivity index (χ4n) is 3.64. The highest BCUT2D eigenvalue weighted by atomic mass is 15.3. The Bertz CT molecular complexity index is 255. The molecule has 0 unspecified atom stereocenters. The molecule has 0 aromatic heterocycles. The van der Waals surface area contributed by atoms with Crippen LogP contribution in [0, 0.1) is 0 Å². The first-order valence-corrected chi connectivity index (χ1v) is 9.92. The molecule has 2 aliphatic heterocycles. The van der Waals surface area contributed by atoms with E-state index in [-0.39, 0.29) is 0 Å². The molecular formula is C18H39N5. The van der Waals surface area contributed by atoms with Crippen molar-refractivity contribution in [3.05, 3.63) is 0 Å². The lowest BCUT2D eigenvalue weighted by atomic mass is 10.2. The Balaban J connectivity index is 1.37. The van der Waals surface area contributed by atoms with Crippen molar-refractivity contribution in [1.82, 2.24) is 24.9 Å². The summed E-state index contributed by atoms with van der Waals surface area (Å²) in [6, 6.07) is 0. The van der Waals surface area contributed by atoms with Gasteiger partial charge in [0.2, 0.25) is 0 Å². The molecule has 0 saturated carbocycles. The SMILES string of the molecule is CCN1CCN(CCCNCCCN2CCN(CC)CC2)CC1. The number of likely N-dealkylation sites (N-methyl/N-ethyl adjacent to an activating group) is 2. The highest BCUT2D eigenvalue weighted by molar-refractivity contribution is 4.72. The van der Waals surface area contributed by atoms with Crippen LogP contribution >= 0.6 is 0 Å². The van der Waals surface area contributed by atoms with Gasteiger partial charge in [-0.2, -0.15) is 0 Å². The smallest absolute Gasteiger partial charge is 0.0110 e. The van der Waals surface area contributed by atoms with Crippen LogP contribution < -0.4 is 5.32 Å². The molecule has 2 aliphatic rings. The van der Waals surface area contributed by atoms with E-state index in [2.05, 4.69) is 38.8 Å². The Labute approximate surface area is 144 Å². The van der Waals surface area contributed by atoms with E-state index < -0.39 is 0 Å². The van der Waals surface area contributed by atoms with Crippen LogP contribution in [0.5, 0.6) is 0 Å². The third-order valence-electron chi connectivity index (χ3n) is 5.48. The zero-order chi connectivity index (χ0) is 16.3. The second-order valence-electron chi connectivity index (χ2n) is 7.01. The van der Waals surface area contributed by atoms with Gasteiger partial charge in [-0.15, -0.1) is 0 Å². The second-order valence-corrected chi connectivity index (χ2v) is 7.01. The summed E-state index contributed by atoms with van der Waals surface area (Å²) in [5.74, 6) is 0. The fourth-order valence-corrected chi connectivity index (χ4v) is 3.64. The van der Waals surface area contributed by atoms with Crippen LogP contribution in [0.3, 0.4) is 0 Å². The van der Waals surface area contributed by atoms with Crippen LogP contribution in [0.15, 0.2) is 0 Å². The van der Waals surface area contributed by atoms with Gasteiger partial charge in [-0.3, -0.25) is 0 Å². The van der Waals surface area contributed by atoms with Gasteiger partial charge in [0, 0.05) is 52.4 Å². The maximum absolute atomic E-state index is 3.63. The molecule has 0 aromatic carbocycles. The first kappa shape index (κ1) is 19.1. The van der Waals surface area contributed by atoms with Crippen molar-refractivity contribution in [2.45, 2.75) is 26.7 Å². The van der Waals surface area contributed by atoms with Crippen LogP contribution in [-0.2, 0) is 0 Å². The first-order chi connectivity index (χ1) is 11.3. The van der Waals surface area contributed by atoms with Crippen molar-refractivity contribution in [3.8, 4) is 0 Å². The number of nitrogens with one attached hydrogen (secondary N) is 1. The minimum absolute atomic E-state index is 1.18. The molecule has 5 heteroatoms.